The molecule has 1 aromatic carbocycles. The number of esters is 1. The van der Waals surface area contributed by atoms with Gasteiger partial charge in [-0.15, -0.1) is 0 Å². The van der Waals surface area contributed by atoms with Crippen LogP contribution in [-0.4, -0.2) is 31.1 Å². The Morgan fingerprint density at radius 1 is 1.29 bits per heavy atom. The standard InChI is InChI=1S/C15H22N2O4/c1-4-6-17-14(18)10(3)21-15(19)11-7-12(16)9-13(8-11)20-5-2/h7-10H,4-6,16H2,1-3H3,(H,17,18). The Morgan fingerprint density at radius 3 is 2.62 bits per heavy atom. The molecule has 0 saturated carbocycles. The number of carbonyl (C=O) groups is 2. The molecule has 3 N–H and O–H groups in total. The summed E-state index contributed by atoms with van der Waals surface area (Å²) in [5.41, 5.74) is 6.37. The van der Waals surface area contributed by atoms with Gasteiger partial charge in [0.05, 0.1) is 12.2 Å². The van der Waals surface area contributed by atoms with E-state index in [1.807, 2.05) is 13.8 Å². The smallest absolute Gasteiger partial charge is 0.339 e. The molecule has 1 aromatic rings. The fourth-order valence-corrected chi connectivity index (χ4v) is 1.66. The lowest BCUT2D eigenvalue weighted by molar-refractivity contribution is -0.129. The summed E-state index contributed by atoms with van der Waals surface area (Å²) in [4.78, 5) is 23.7. The lowest BCUT2D eigenvalue weighted by atomic mass is 10.2. The molecule has 6 heteroatoms. The van der Waals surface area contributed by atoms with Gasteiger partial charge in [-0.1, -0.05) is 6.92 Å². The molecule has 0 aliphatic heterocycles. The van der Waals surface area contributed by atoms with E-state index in [1.54, 1.807) is 12.1 Å². The van der Waals surface area contributed by atoms with Gasteiger partial charge >= 0.3 is 5.97 Å². The minimum Gasteiger partial charge on any atom is -0.494 e. The number of nitrogen functional groups attached to an aromatic ring is 1. The zero-order valence-electron chi connectivity index (χ0n) is 12.6. The number of nitrogens with one attached hydrogen (secondary N) is 1. The second-order valence-corrected chi connectivity index (χ2v) is 4.56. The number of ether oxygens (including phenoxy) is 2. The van der Waals surface area contributed by atoms with E-state index >= 15 is 0 Å². The largest absolute Gasteiger partial charge is 0.494 e. The number of hydrogen-bond acceptors (Lipinski definition) is 5. The number of anilines is 1. The third kappa shape index (κ3) is 5.33. The maximum atomic E-state index is 12.0. The Hall–Kier alpha value is -2.24. The van der Waals surface area contributed by atoms with E-state index in [1.165, 1.54) is 13.0 Å². The SMILES string of the molecule is CCCNC(=O)C(C)OC(=O)c1cc(N)cc(OCC)c1. The fraction of sp³-hybridized carbons (Fsp3) is 0.467. The third-order valence-electron chi connectivity index (χ3n) is 2.68. The van der Waals surface area contributed by atoms with Crippen molar-refractivity contribution in [2.75, 3.05) is 18.9 Å². The number of amides is 1. The molecule has 0 aliphatic carbocycles. The quantitative estimate of drug-likeness (QED) is 0.590. The maximum absolute atomic E-state index is 12.0. The van der Waals surface area contributed by atoms with Crippen LogP contribution in [0.5, 0.6) is 5.75 Å². The van der Waals surface area contributed by atoms with Crippen molar-refractivity contribution in [1.82, 2.24) is 5.32 Å². The Kier molecular flexibility index (Phi) is 6.52. The summed E-state index contributed by atoms with van der Waals surface area (Å²) in [6, 6.07) is 4.65. The number of carbonyl (C=O) groups excluding carboxylic acids is 2. The minimum absolute atomic E-state index is 0.258. The van der Waals surface area contributed by atoms with Crippen molar-refractivity contribution in [2.24, 2.45) is 0 Å². The van der Waals surface area contributed by atoms with E-state index in [9.17, 15) is 9.59 Å². The highest BCUT2D eigenvalue weighted by molar-refractivity contribution is 5.93. The summed E-state index contributed by atoms with van der Waals surface area (Å²) in [6.45, 7) is 6.32. The predicted molar refractivity (Wildman–Crippen MR) is 80.2 cm³/mol. The van der Waals surface area contributed by atoms with Gasteiger partial charge < -0.3 is 20.5 Å². The van der Waals surface area contributed by atoms with Crippen LogP contribution in [0.2, 0.25) is 0 Å². The van der Waals surface area contributed by atoms with Gasteiger partial charge in [-0.2, -0.15) is 0 Å². The summed E-state index contributed by atoms with van der Waals surface area (Å²) in [7, 11) is 0. The molecule has 0 saturated heterocycles. The molecular formula is C15H22N2O4. The fourth-order valence-electron chi connectivity index (χ4n) is 1.66. The minimum atomic E-state index is -0.860. The molecule has 21 heavy (non-hydrogen) atoms. The highest BCUT2D eigenvalue weighted by atomic mass is 16.5. The molecule has 1 amide bonds. The second kappa shape index (κ2) is 8.14. The van der Waals surface area contributed by atoms with E-state index in [0.29, 0.717) is 24.6 Å². The molecule has 0 bridgehead atoms. The Labute approximate surface area is 124 Å². The maximum Gasteiger partial charge on any atom is 0.339 e. The van der Waals surface area contributed by atoms with Crippen molar-refractivity contribution in [3.8, 4) is 5.75 Å². The molecule has 0 aliphatic rings. The van der Waals surface area contributed by atoms with Crippen LogP contribution in [0, 0.1) is 0 Å². The molecule has 0 radical (unpaired) electrons. The van der Waals surface area contributed by atoms with Gasteiger partial charge in [0, 0.05) is 18.3 Å². The Morgan fingerprint density at radius 2 is 2.00 bits per heavy atom. The first-order valence-electron chi connectivity index (χ1n) is 7.00. The monoisotopic (exact) mass is 294 g/mol. The van der Waals surface area contributed by atoms with Crippen molar-refractivity contribution in [1.29, 1.82) is 0 Å². The average molecular weight is 294 g/mol. The number of rotatable bonds is 7. The zero-order valence-corrected chi connectivity index (χ0v) is 12.6. The van der Waals surface area contributed by atoms with Crippen molar-refractivity contribution in [3.63, 3.8) is 0 Å². The summed E-state index contributed by atoms with van der Waals surface area (Å²) in [6.07, 6.45) is -0.0414. The molecule has 0 fully saturated rings. The van der Waals surface area contributed by atoms with E-state index in [0.717, 1.165) is 6.42 Å². The first-order chi connectivity index (χ1) is 9.97. The van der Waals surface area contributed by atoms with Crippen LogP contribution in [0.3, 0.4) is 0 Å². The molecule has 1 rings (SSSR count). The van der Waals surface area contributed by atoms with Crippen LogP contribution in [0.25, 0.3) is 0 Å². The van der Waals surface area contributed by atoms with E-state index < -0.39 is 12.1 Å². The summed E-state index contributed by atoms with van der Waals surface area (Å²) in [5.74, 6) is -0.436. The topological polar surface area (TPSA) is 90.7 Å². The lowest BCUT2D eigenvalue weighted by Gasteiger charge is -2.14. The summed E-state index contributed by atoms with van der Waals surface area (Å²) >= 11 is 0. The Bertz CT molecular complexity index is 502. The van der Waals surface area contributed by atoms with Crippen molar-refractivity contribution >= 4 is 17.6 Å². The highest BCUT2D eigenvalue weighted by Gasteiger charge is 2.19. The zero-order chi connectivity index (χ0) is 15.8. The van der Waals surface area contributed by atoms with Crippen LogP contribution < -0.4 is 15.8 Å². The van der Waals surface area contributed by atoms with Gasteiger partial charge in [0.25, 0.3) is 5.91 Å². The predicted octanol–water partition coefficient (Wildman–Crippen LogP) is 1.74. The molecular weight excluding hydrogens is 272 g/mol. The average Bonchev–Trinajstić information content (AvgIpc) is 2.44. The van der Waals surface area contributed by atoms with Gasteiger partial charge in [0.1, 0.15) is 5.75 Å². The van der Waals surface area contributed by atoms with Crippen LogP contribution in [0.15, 0.2) is 18.2 Å². The van der Waals surface area contributed by atoms with Crippen molar-refractivity contribution in [2.45, 2.75) is 33.3 Å². The molecule has 1 unspecified atom stereocenters. The Balaban J connectivity index is 2.72. The van der Waals surface area contributed by atoms with Crippen LogP contribution in [-0.2, 0) is 9.53 Å². The third-order valence-corrected chi connectivity index (χ3v) is 2.68. The summed E-state index contributed by atoms with van der Waals surface area (Å²) < 4.78 is 10.4. The normalized spacial score (nSPS) is 11.6. The second-order valence-electron chi connectivity index (χ2n) is 4.56. The summed E-state index contributed by atoms with van der Waals surface area (Å²) in [5, 5.41) is 2.67. The molecule has 6 nitrogen and oxygen atoms in total. The van der Waals surface area contributed by atoms with Crippen LogP contribution in [0.4, 0.5) is 5.69 Å². The molecule has 0 aromatic heterocycles. The van der Waals surface area contributed by atoms with Crippen LogP contribution in [0.1, 0.15) is 37.6 Å². The first kappa shape index (κ1) is 16.8. The van der Waals surface area contributed by atoms with Crippen molar-refractivity contribution < 1.29 is 19.1 Å². The molecule has 0 heterocycles. The molecule has 1 atom stereocenters. The lowest BCUT2D eigenvalue weighted by Crippen LogP contribution is -2.36. The van der Waals surface area contributed by atoms with E-state index in [2.05, 4.69) is 5.32 Å². The van der Waals surface area contributed by atoms with Gasteiger partial charge in [0.2, 0.25) is 0 Å². The van der Waals surface area contributed by atoms with E-state index in [4.69, 9.17) is 15.2 Å². The van der Waals surface area contributed by atoms with Gasteiger partial charge in [0.15, 0.2) is 6.10 Å². The molecule has 116 valence electrons. The van der Waals surface area contributed by atoms with Gasteiger partial charge in [-0.25, -0.2) is 4.79 Å². The highest BCUT2D eigenvalue weighted by Crippen LogP contribution is 2.20. The van der Waals surface area contributed by atoms with E-state index in [-0.39, 0.29) is 11.5 Å². The van der Waals surface area contributed by atoms with Crippen molar-refractivity contribution in [3.05, 3.63) is 23.8 Å². The van der Waals surface area contributed by atoms with Gasteiger partial charge in [-0.05, 0) is 32.4 Å². The number of hydrogen-bond donors (Lipinski definition) is 2. The number of benzene rings is 1. The van der Waals surface area contributed by atoms with Gasteiger partial charge in [-0.3, -0.25) is 4.79 Å². The first-order valence-corrected chi connectivity index (χ1v) is 7.00. The van der Waals surface area contributed by atoms with Crippen LogP contribution >= 0.6 is 0 Å². The molecule has 0 spiro atoms. The number of nitrogens with two attached hydrogens (primary N) is 1.